The van der Waals surface area contributed by atoms with Gasteiger partial charge in [-0.1, -0.05) is 42.5 Å². The van der Waals surface area contributed by atoms with Gasteiger partial charge in [0.1, 0.15) is 6.33 Å². The molecular formula is C17H12N2O. The first-order chi connectivity index (χ1) is 9.93. The Labute approximate surface area is 116 Å². The normalized spacial score (nSPS) is 11.0. The Morgan fingerprint density at radius 1 is 0.850 bits per heavy atom. The van der Waals surface area contributed by atoms with Crippen molar-refractivity contribution in [3.05, 3.63) is 73.3 Å². The lowest BCUT2D eigenvalue weighted by Crippen LogP contribution is -1.92. The van der Waals surface area contributed by atoms with E-state index in [4.69, 9.17) is 4.42 Å². The Morgan fingerprint density at radius 3 is 2.55 bits per heavy atom. The Hall–Kier alpha value is -2.81. The zero-order valence-corrected chi connectivity index (χ0v) is 10.7. The van der Waals surface area contributed by atoms with Crippen molar-refractivity contribution in [2.45, 2.75) is 0 Å². The third-order valence-electron chi connectivity index (χ3n) is 3.40. The van der Waals surface area contributed by atoms with Crippen LogP contribution >= 0.6 is 0 Å². The first kappa shape index (κ1) is 11.1. The second kappa shape index (κ2) is 4.38. The zero-order chi connectivity index (χ0) is 13.4. The van der Waals surface area contributed by atoms with Gasteiger partial charge in [-0.25, -0.2) is 4.98 Å². The molecule has 2 aromatic carbocycles. The van der Waals surface area contributed by atoms with Gasteiger partial charge in [-0.15, -0.1) is 0 Å². The average Bonchev–Trinajstić information content (AvgIpc) is 3.14. The van der Waals surface area contributed by atoms with Gasteiger partial charge >= 0.3 is 0 Å². The summed E-state index contributed by atoms with van der Waals surface area (Å²) in [6.07, 6.45) is 3.52. The third-order valence-corrected chi connectivity index (χ3v) is 3.40. The molecule has 0 aliphatic carbocycles. The second-order valence-corrected chi connectivity index (χ2v) is 4.61. The highest BCUT2D eigenvalue weighted by molar-refractivity contribution is 5.79. The van der Waals surface area contributed by atoms with Crippen molar-refractivity contribution in [2.75, 3.05) is 0 Å². The number of hydrogen-bond acceptors (Lipinski definition) is 2. The molecule has 3 nitrogen and oxygen atoms in total. The molecule has 0 bridgehead atoms. The van der Waals surface area contributed by atoms with Crippen LogP contribution in [0.15, 0.2) is 77.7 Å². The first-order valence-corrected chi connectivity index (χ1v) is 6.49. The number of nitrogens with zero attached hydrogens (tertiary/aromatic N) is 2. The van der Waals surface area contributed by atoms with Crippen LogP contribution in [0, 0.1) is 0 Å². The molecule has 2 heterocycles. The number of fused-ring (bicyclic) bond motifs is 1. The van der Waals surface area contributed by atoms with Gasteiger partial charge < -0.3 is 4.42 Å². The van der Waals surface area contributed by atoms with Gasteiger partial charge in [0.25, 0.3) is 0 Å². The molecule has 0 unspecified atom stereocenters. The number of furan rings is 1. The molecule has 0 saturated heterocycles. The fourth-order valence-corrected chi connectivity index (χ4v) is 2.45. The summed E-state index contributed by atoms with van der Waals surface area (Å²) in [5.41, 5.74) is 4.20. The minimum absolute atomic E-state index is 0.796. The molecule has 0 radical (unpaired) electrons. The SMILES string of the molecule is c1ccc(-c2ccoc2-n2cnc3ccccc32)cc1. The summed E-state index contributed by atoms with van der Waals surface area (Å²) in [7, 11) is 0. The Balaban J connectivity index is 1.94. The van der Waals surface area contributed by atoms with Crippen LogP contribution in [0.25, 0.3) is 28.0 Å². The van der Waals surface area contributed by atoms with E-state index in [9.17, 15) is 0 Å². The van der Waals surface area contributed by atoms with Crippen LogP contribution in [-0.4, -0.2) is 9.55 Å². The standard InChI is InChI=1S/C17H12N2O/c1-2-6-13(7-3-1)14-10-11-20-17(14)19-12-18-15-8-4-5-9-16(15)19/h1-12H. The molecule has 0 aliphatic rings. The lowest BCUT2D eigenvalue weighted by molar-refractivity contribution is 0.543. The second-order valence-electron chi connectivity index (χ2n) is 4.61. The molecule has 0 spiro atoms. The fourth-order valence-electron chi connectivity index (χ4n) is 2.45. The maximum atomic E-state index is 5.69. The molecule has 0 amide bonds. The Morgan fingerprint density at radius 2 is 1.65 bits per heavy atom. The highest BCUT2D eigenvalue weighted by Crippen LogP contribution is 2.29. The largest absolute Gasteiger partial charge is 0.447 e. The summed E-state index contributed by atoms with van der Waals surface area (Å²) in [5.74, 6) is 0.796. The van der Waals surface area contributed by atoms with Crippen molar-refractivity contribution in [2.24, 2.45) is 0 Å². The quantitative estimate of drug-likeness (QED) is 0.538. The Bertz CT molecular complexity index is 859. The van der Waals surface area contributed by atoms with Crippen molar-refractivity contribution < 1.29 is 4.42 Å². The van der Waals surface area contributed by atoms with E-state index in [1.54, 1.807) is 12.6 Å². The van der Waals surface area contributed by atoms with Crippen molar-refractivity contribution in [1.82, 2.24) is 9.55 Å². The minimum Gasteiger partial charge on any atom is -0.447 e. The molecule has 20 heavy (non-hydrogen) atoms. The molecule has 0 fully saturated rings. The fraction of sp³-hybridized carbons (Fsp3) is 0. The van der Waals surface area contributed by atoms with E-state index in [-0.39, 0.29) is 0 Å². The summed E-state index contributed by atoms with van der Waals surface area (Å²) in [6.45, 7) is 0. The molecule has 0 N–H and O–H groups in total. The molecule has 0 saturated carbocycles. The molecule has 0 aliphatic heterocycles. The lowest BCUT2D eigenvalue weighted by atomic mass is 10.1. The topological polar surface area (TPSA) is 31.0 Å². The predicted octanol–water partition coefficient (Wildman–Crippen LogP) is 4.29. The van der Waals surface area contributed by atoms with E-state index < -0.39 is 0 Å². The number of aromatic nitrogens is 2. The van der Waals surface area contributed by atoms with Crippen molar-refractivity contribution in [3.8, 4) is 17.0 Å². The highest BCUT2D eigenvalue weighted by atomic mass is 16.3. The first-order valence-electron chi connectivity index (χ1n) is 6.49. The van der Waals surface area contributed by atoms with Gasteiger partial charge in [-0.05, 0) is 23.8 Å². The number of imidazole rings is 1. The molecule has 0 atom stereocenters. The van der Waals surface area contributed by atoms with Gasteiger partial charge in [0, 0.05) is 5.56 Å². The molecule has 3 heteroatoms. The molecule has 2 aromatic heterocycles. The van der Waals surface area contributed by atoms with E-state index >= 15 is 0 Å². The summed E-state index contributed by atoms with van der Waals surface area (Å²) < 4.78 is 7.68. The van der Waals surface area contributed by atoms with E-state index in [2.05, 4.69) is 17.1 Å². The van der Waals surface area contributed by atoms with Crippen LogP contribution in [0.1, 0.15) is 0 Å². The van der Waals surface area contributed by atoms with Crippen LogP contribution in [0.3, 0.4) is 0 Å². The van der Waals surface area contributed by atoms with Crippen LogP contribution in [-0.2, 0) is 0 Å². The molecular weight excluding hydrogens is 248 g/mol. The van der Waals surface area contributed by atoms with Gasteiger partial charge in [-0.3, -0.25) is 4.57 Å². The maximum absolute atomic E-state index is 5.69. The maximum Gasteiger partial charge on any atom is 0.212 e. The van der Waals surface area contributed by atoms with Crippen LogP contribution < -0.4 is 0 Å². The predicted molar refractivity (Wildman–Crippen MR) is 78.8 cm³/mol. The summed E-state index contributed by atoms with van der Waals surface area (Å²) in [6, 6.07) is 20.2. The molecule has 4 rings (SSSR count). The van der Waals surface area contributed by atoms with Gasteiger partial charge in [0.2, 0.25) is 5.88 Å². The van der Waals surface area contributed by atoms with E-state index in [1.165, 1.54) is 0 Å². The lowest BCUT2D eigenvalue weighted by Gasteiger charge is -2.04. The third kappa shape index (κ3) is 1.64. The van der Waals surface area contributed by atoms with Crippen molar-refractivity contribution >= 4 is 11.0 Å². The molecule has 4 aromatic rings. The molecule has 96 valence electrons. The summed E-state index contributed by atoms with van der Waals surface area (Å²) in [5, 5.41) is 0. The van der Waals surface area contributed by atoms with Gasteiger partial charge in [0.15, 0.2) is 0 Å². The minimum atomic E-state index is 0.796. The number of para-hydroxylation sites is 2. The van der Waals surface area contributed by atoms with Gasteiger partial charge in [0.05, 0.1) is 17.3 Å². The average molecular weight is 260 g/mol. The van der Waals surface area contributed by atoms with Crippen LogP contribution in [0.2, 0.25) is 0 Å². The zero-order valence-electron chi connectivity index (χ0n) is 10.7. The summed E-state index contributed by atoms with van der Waals surface area (Å²) >= 11 is 0. The van der Waals surface area contributed by atoms with Crippen LogP contribution in [0.4, 0.5) is 0 Å². The van der Waals surface area contributed by atoms with Crippen LogP contribution in [0.5, 0.6) is 0 Å². The number of rotatable bonds is 2. The summed E-state index contributed by atoms with van der Waals surface area (Å²) in [4.78, 5) is 4.41. The van der Waals surface area contributed by atoms with E-state index in [1.807, 2.05) is 53.1 Å². The van der Waals surface area contributed by atoms with E-state index in [0.29, 0.717) is 0 Å². The Kier molecular flexibility index (Phi) is 2.42. The van der Waals surface area contributed by atoms with E-state index in [0.717, 1.165) is 28.0 Å². The van der Waals surface area contributed by atoms with Crippen molar-refractivity contribution in [3.63, 3.8) is 0 Å². The van der Waals surface area contributed by atoms with Crippen molar-refractivity contribution in [1.29, 1.82) is 0 Å². The highest BCUT2D eigenvalue weighted by Gasteiger charge is 2.13. The monoisotopic (exact) mass is 260 g/mol. The van der Waals surface area contributed by atoms with Gasteiger partial charge in [-0.2, -0.15) is 0 Å². The smallest absolute Gasteiger partial charge is 0.212 e. The number of hydrogen-bond donors (Lipinski definition) is 0. The number of benzene rings is 2.